The Kier molecular flexibility index (Phi) is 4.10. The van der Waals surface area contributed by atoms with Crippen LogP contribution in [0.15, 0.2) is 40.6 Å². The standard InChI is InChI=1S/C13H13NO4S2/c1-9-7-8-12(19-9)20(16,17)14-11-6-4-3-5-10(11)13(15)18-2/h3-8,14H,1-2H3. The molecule has 0 unspecified atom stereocenters. The molecule has 5 nitrogen and oxygen atoms in total. The topological polar surface area (TPSA) is 72.5 Å². The molecule has 0 atom stereocenters. The van der Waals surface area contributed by atoms with Crippen molar-refractivity contribution in [2.75, 3.05) is 11.8 Å². The summed E-state index contributed by atoms with van der Waals surface area (Å²) in [4.78, 5) is 12.5. The van der Waals surface area contributed by atoms with E-state index < -0.39 is 16.0 Å². The molecule has 0 saturated heterocycles. The Balaban J connectivity index is 2.37. The number of thiophene rings is 1. The molecule has 2 rings (SSSR count). The van der Waals surface area contributed by atoms with Crippen LogP contribution in [0.3, 0.4) is 0 Å². The zero-order valence-corrected chi connectivity index (χ0v) is 12.5. The van der Waals surface area contributed by atoms with E-state index >= 15 is 0 Å². The van der Waals surface area contributed by atoms with Crippen molar-refractivity contribution in [2.24, 2.45) is 0 Å². The summed E-state index contributed by atoms with van der Waals surface area (Å²) in [6.45, 7) is 1.83. The van der Waals surface area contributed by atoms with Crippen LogP contribution in [-0.2, 0) is 14.8 Å². The summed E-state index contributed by atoms with van der Waals surface area (Å²) in [6, 6.07) is 9.56. The van der Waals surface area contributed by atoms with Gasteiger partial charge in [0.2, 0.25) is 0 Å². The van der Waals surface area contributed by atoms with Crippen LogP contribution in [0.4, 0.5) is 5.69 Å². The zero-order chi connectivity index (χ0) is 14.8. The molecular weight excluding hydrogens is 298 g/mol. The number of nitrogens with one attached hydrogen (secondary N) is 1. The van der Waals surface area contributed by atoms with E-state index in [1.807, 2.05) is 6.92 Å². The van der Waals surface area contributed by atoms with Crippen molar-refractivity contribution in [3.8, 4) is 0 Å². The number of sulfonamides is 1. The maximum atomic E-state index is 12.2. The molecule has 0 radical (unpaired) electrons. The summed E-state index contributed by atoms with van der Waals surface area (Å²) >= 11 is 1.17. The lowest BCUT2D eigenvalue weighted by Gasteiger charge is -2.10. The van der Waals surface area contributed by atoms with Gasteiger partial charge in [-0.25, -0.2) is 13.2 Å². The molecule has 20 heavy (non-hydrogen) atoms. The maximum Gasteiger partial charge on any atom is 0.339 e. The van der Waals surface area contributed by atoms with Gasteiger partial charge >= 0.3 is 5.97 Å². The van der Waals surface area contributed by atoms with Crippen molar-refractivity contribution in [1.82, 2.24) is 0 Å². The quantitative estimate of drug-likeness (QED) is 0.881. The van der Waals surface area contributed by atoms with Gasteiger partial charge in [0.25, 0.3) is 10.0 Å². The maximum absolute atomic E-state index is 12.2. The van der Waals surface area contributed by atoms with E-state index in [-0.39, 0.29) is 15.5 Å². The highest BCUT2D eigenvalue weighted by atomic mass is 32.2. The number of hydrogen-bond acceptors (Lipinski definition) is 5. The summed E-state index contributed by atoms with van der Waals surface area (Å²) < 4.78 is 31.7. The van der Waals surface area contributed by atoms with Gasteiger partial charge in [-0.1, -0.05) is 12.1 Å². The van der Waals surface area contributed by atoms with Gasteiger partial charge in [0.1, 0.15) is 4.21 Å². The van der Waals surface area contributed by atoms with E-state index in [0.29, 0.717) is 0 Å². The van der Waals surface area contributed by atoms with Crippen molar-refractivity contribution in [3.63, 3.8) is 0 Å². The highest BCUT2D eigenvalue weighted by Crippen LogP contribution is 2.25. The number of carbonyl (C=O) groups excluding carboxylic acids is 1. The Morgan fingerprint density at radius 2 is 1.90 bits per heavy atom. The number of ether oxygens (including phenoxy) is 1. The molecule has 0 spiro atoms. The largest absolute Gasteiger partial charge is 0.465 e. The molecule has 7 heteroatoms. The summed E-state index contributed by atoms with van der Waals surface area (Å²) in [6.07, 6.45) is 0. The van der Waals surface area contributed by atoms with Gasteiger partial charge < -0.3 is 4.74 Å². The van der Waals surface area contributed by atoms with E-state index in [1.54, 1.807) is 18.2 Å². The Morgan fingerprint density at radius 1 is 1.20 bits per heavy atom. The van der Waals surface area contributed by atoms with Gasteiger partial charge in [-0.15, -0.1) is 11.3 Å². The van der Waals surface area contributed by atoms with E-state index in [1.165, 1.54) is 36.6 Å². The van der Waals surface area contributed by atoms with Crippen molar-refractivity contribution in [3.05, 3.63) is 46.8 Å². The lowest BCUT2D eigenvalue weighted by molar-refractivity contribution is 0.0602. The van der Waals surface area contributed by atoms with Gasteiger partial charge in [0.05, 0.1) is 18.4 Å². The van der Waals surface area contributed by atoms with E-state index in [4.69, 9.17) is 0 Å². The molecule has 1 heterocycles. The smallest absolute Gasteiger partial charge is 0.339 e. The first-order valence-corrected chi connectivity index (χ1v) is 8.00. The Labute approximate surface area is 121 Å². The summed E-state index contributed by atoms with van der Waals surface area (Å²) in [5.41, 5.74) is 0.372. The minimum absolute atomic E-state index is 0.173. The van der Waals surface area contributed by atoms with Crippen molar-refractivity contribution < 1.29 is 17.9 Å². The third-order valence-corrected chi connectivity index (χ3v) is 5.42. The molecule has 0 fully saturated rings. The fourth-order valence-corrected chi connectivity index (χ4v) is 3.97. The summed E-state index contributed by atoms with van der Waals surface area (Å²) in [7, 11) is -2.45. The number of para-hydroxylation sites is 1. The van der Waals surface area contributed by atoms with Gasteiger partial charge in [-0.2, -0.15) is 0 Å². The lowest BCUT2D eigenvalue weighted by atomic mass is 10.2. The predicted molar refractivity (Wildman–Crippen MR) is 77.6 cm³/mol. The van der Waals surface area contributed by atoms with E-state index in [2.05, 4.69) is 9.46 Å². The van der Waals surface area contributed by atoms with Crippen molar-refractivity contribution >= 4 is 33.0 Å². The second-order valence-electron chi connectivity index (χ2n) is 4.01. The van der Waals surface area contributed by atoms with Crippen LogP contribution in [0.25, 0.3) is 0 Å². The first-order chi connectivity index (χ1) is 9.44. The van der Waals surface area contributed by atoms with E-state index in [0.717, 1.165) is 4.88 Å². The number of esters is 1. The second-order valence-corrected chi connectivity index (χ2v) is 7.20. The van der Waals surface area contributed by atoms with Crippen LogP contribution in [0.2, 0.25) is 0 Å². The second kappa shape index (κ2) is 5.64. The van der Waals surface area contributed by atoms with Crippen LogP contribution in [-0.4, -0.2) is 21.5 Å². The number of methoxy groups -OCH3 is 1. The number of benzene rings is 1. The molecule has 0 aliphatic carbocycles. The molecule has 106 valence electrons. The number of carbonyl (C=O) groups is 1. The lowest BCUT2D eigenvalue weighted by Crippen LogP contribution is -2.15. The van der Waals surface area contributed by atoms with Gasteiger partial charge in [-0.3, -0.25) is 4.72 Å². The summed E-state index contributed by atoms with van der Waals surface area (Å²) in [5, 5.41) is 0. The first-order valence-electron chi connectivity index (χ1n) is 5.70. The van der Waals surface area contributed by atoms with Crippen molar-refractivity contribution in [1.29, 1.82) is 0 Å². The van der Waals surface area contributed by atoms with Crippen LogP contribution in [0.5, 0.6) is 0 Å². The zero-order valence-electron chi connectivity index (χ0n) is 10.9. The van der Waals surface area contributed by atoms with Crippen molar-refractivity contribution in [2.45, 2.75) is 11.1 Å². The van der Waals surface area contributed by atoms with Crippen LogP contribution in [0, 0.1) is 6.92 Å². The van der Waals surface area contributed by atoms with Crippen LogP contribution in [0.1, 0.15) is 15.2 Å². The minimum atomic E-state index is -3.70. The molecular formula is C13H13NO4S2. The van der Waals surface area contributed by atoms with E-state index in [9.17, 15) is 13.2 Å². The Hall–Kier alpha value is -1.86. The monoisotopic (exact) mass is 311 g/mol. The fraction of sp³-hybridized carbons (Fsp3) is 0.154. The number of hydrogen-bond donors (Lipinski definition) is 1. The molecule has 2 aromatic rings. The van der Waals surface area contributed by atoms with Crippen LogP contribution >= 0.6 is 11.3 Å². The van der Waals surface area contributed by atoms with Gasteiger partial charge in [-0.05, 0) is 31.2 Å². The number of aryl methyl sites for hydroxylation is 1. The molecule has 0 aliphatic rings. The van der Waals surface area contributed by atoms with Gasteiger partial charge in [0, 0.05) is 4.88 Å². The number of anilines is 1. The molecule has 0 amide bonds. The average molecular weight is 311 g/mol. The average Bonchev–Trinajstić information content (AvgIpc) is 2.86. The molecule has 0 aliphatic heterocycles. The SMILES string of the molecule is COC(=O)c1ccccc1NS(=O)(=O)c1ccc(C)s1. The van der Waals surface area contributed by atoms with Crippen LogP contribution < -0.4 is 4.72 Å². The molecule has 1 N–H and O–H groups in total. The molecule has 0 bridgehead atoms. The molecule has 1 aromatic heterocycles. The first kappa shape index (κ1) is 14.5. The number of rotatable bonds is 4. The summed E-state index contributed by atoms with van der Waals surface area (Å²) in [5.74, 6) is -0.592. The Morgan fingerprint density at radius 3 is 2.50 bits per heavy atom. The highest BCUT2D eigenvalue weighted by Gasteiger charge is 2.20. The minimum Gasteiger partial charge on any atom is -0.465 e. The molecule has 1 aromatic carbocycles. The highest BCUT2D eigenvalue weighted by molar-refractivity contribution is 7.94. The molecule has 0 saturated carbocycles. The third-order valence-electron chi connectivity index (χ3n) is 2.56. The Bertz CT molecular complexity index is 734. The normalized spacial score (nSPS) is 11.1. The fourth-order valence-electron chi connectivity index (χ4n) is 1.61. The predicted octanol–water partition coefficient (Wildman–Crippen LogP) is 2.64. The van der Waals surface area contributed by atoms with Gasteiger partial charge in [0.15, 0.2) is 0 Å². The third kappa shape index (κ3) is 3.00.